The van der Waals surface area contributed by atoms with Crippen molar-refractivity contribution >= 4 is 22.8 Å². The minimum Gasteiger partial charge on any atom is -0.346 e. The van der Waals surface area contributed by atoms with Crippen LogP contribution in [0.5, 0.6) is 0 Å². The van der Waals surface area contributed by atoms with Gasteiger partial charge >= 0.3 is 0 Å². The second-order valence-corrected chi connectivity index (χ2v) is 6.13. The standard InChI is InChI=1S/C19H20FNO/c1-12(2)17(11-20)21-19(22)16-10-9-14-6-3-5-13-7-4-8-15(16)18(13)14/h3-6,8-10,12,17H,7,11H2,1-2H3,(H,21,22)/t17-/m1/s1. The highest BCUT2D eigenvalue weighted by Gasteiger charge is 2.20. The van der Waals surface area contributed by atoms with Gasteiger partial charge in [-0.15, -0.1) is 0 Å². The fourth-order valence-electron chi connectivity index (χ4n) is 2.96. The van der Waals surface area contributed by atoms with Gasteiger partial charge in [0, 0.05) is 5.56 Å². The fourth-order valence-corrected chi connectivity index (χ4v) is 2.96. The summed E-state index contributed by atoms with van der Waals surface area (Å²) in [7, 11) is 0. The van der Waals surface area contributed by atoms with E-state index in [0.717, 1.165) is 22.8 Å². The van der Waals surface area contributed by atoms with Crippen LogP contribution in [0.25, 0.3) is 16.8 Å². The van der Waals surface area contributed by atoms with Gasteiger partial charge in [0.1, 0.15) is 6.67 Å². The van der Waals surface area contributed by atoms with E-state index in [9.17, 15) is 9.18 Å². The lowest BCUT2D eigenvalue weighted by Gasteiger charge is -2.21. The van der Waals surface area contributed by atoms with E-state index in [1.807, 2.05) is 38.1 Å². The lowest BCUT2D eigenvalue weighted by molar-refractivity contribution is 0.0916. The molecule has 1 amide bonds. The molecule has 0 aliphatic heterocycles. The van der Waals surface area contributed by atoms with Gasteiger partial charge in [0.25, 0.3) is 5.91 Å². The summed E-state index contributed by atoms with van der Waals surface area (Å²) in [5.41, 5.74) is 2.80. The van der Waals surface area contributed by atoms with Gasteiger partial charge in [0.2, 0.25) is 0 Å². The Hall–Kier alpha value is -2.16. The lowest BCUT2D eigenvalue weighted by Crippen LogP contribution is -2.40. The molecule has 1 atom stereocenters. The maximum absolute atomic E-state index is 13.1. The number of carbonyl (C=O) groups excluding carboxylic acids is 1. The molecule has 2 aromatic rings. The maximum atomic E-state index is 13.1. The van der Waals surface area contributed by atoms with Crippen LogP contribution in [0.15, 0.2) is 36.4 Å². The molecule has 3 rings (SSSR count). The van der Waals surface area contributed by atoms with Gasteiger partial charge in [-0.3, -0.25) is 4.79 Å². The van der Waals surface area contributed by atoms with E-state index in [1.54, 1.807) is 0 Å². The molecule has 0 radical (unpaired) electrons. The van der Waals surface area contributed by atoms with Gasteiger partial charge < -0.3 is 5.32 Å². The highest BCUT2D eigenvalue weighted by molar-refractivity contribution is 6.06. The van der Waals surface area contributed by atoms with E-state index in [-0.39, 0.29) is 11.8 Å². The molecule has 22 heavy (non-hydrogen) atoms. The third-order valence-corrected chi connectivity index (χ3v) is 4.33. The predicted molar refractivity (Wildman–Crippen MR) is 88.8 cm³/mol. The minimum atomic E-state index is -0.548. The summed E-state index contributed by atoms with van der Waals surface area (Å²) in [5, 5.41) is 5.09. The molecule has 0 aromatic heterocycles. The smallest absolute Gasteiger partial charge is 0.252 e. The average Bonchev–Trinajstić information content (AvgIpc) is 2.53. The van der Waals surface area contributed by atoms with Crippen molar-refractivity contribution in [3.05, 3.63) is 53.1 Å². The lowest BCUT2D eigenvalue weighted by atomic mass is 9.89. The second kappa shape index (κ2) is 5.91. The second-order valence-electron chi connectivity index (χ2n) is 6.13. The molecule has 1 aliphatic rings. The Morgan fingerprint density at radius 3 is 2.82 bits per heavy atom. The average molecular weight is 297 g/mol. The third-order valence-electron chi connectivity index (χ3n) is 4.33. The van der Waals surface area contributed by atoms with Gasteiger partial charge in [0.05, 0.1) is 6.04 Å². The maximum Gasteiger partial charge on any atom is 0.252 e. The van der Waals surface area contributed by atoms with Crippen molar-refractivity contribution < 1.29 is 9.18 Å². The molecule has 3 heteroatoms. The zero-order valence-corrected chi connectivity index (χ0v) is 12.9. The number of benzene rings is 2. The van der Waals surface area contributed by atoms with Gasteiger partial charge in [-0.05, 0) is 40.3 Å². The van der Waals surface area contributed by atoms with E-state index in [1.165, 1.54) is 5.56 Å². The van der Waals surface area contributed by atoms with Gasteiger partial charge in [-0.2, -0.15) is 0 Å². The van der Waals surface area contributed by atoms with Crippen molar-refractivity contribution in [2.75, 3.05) is 6.67 Å². The molecule has 0 saturated heterocycles. The van der Waals surface area contributed by atoms with Crippen molar-refractivity contribution in [2.45, 2.75) is 26.3 Å². The zero-order chi connectivity index (χ0) is 15.7. The van der Waals surface area contributed by atoms with Crippen LogP contribution in [-0.2, 0) is 6.42 Å². The van der Waals surface area contributed by atoms with Crippen molar-refractivity contribution in [3.63, 3.8) is 0 Å². The number of halogens is 1. The quantitative estimate of drug-likeness (QED) is 0.903. The molecule has 1 N–H and O–H groups in total. The van der Waals surface area contributed by atoms with E-state index in [0.29, 0.717) is 5.56 Å². The van der Waals surface area contributed by atoms with Crippen LogP contribution in [0.1, 0.15) is 35.3 Å². The Balaban J connectivity index is 2.04. The van der Waals surface area contributed by atoms with E-state index in [4.69, 9.17) is 0 Å². The number of hydrogen-bond acceptors (Lipinski definition) is 1. The van der Waals surface area contributed by atoms with Gasteiger partial charge in [-0.1, -0.05) is 50.3 Å². The number of hydrogen-bond donors (Lipinski definition) is 1. The van der Waals surface area contributed by atoms with Crippen molar-refractivity contribution in [3.8, 4) is 0 Å². The van der Waals surface area contributed by atoms with Gasteiger partial charge in [0.15, 0.2) is 0 Å². The highest BCUT2D eigenvalue weighted by atomic mass is 19.1. The normalized spacial score (nSPS) is 14.4. The molecule has 1 aliphatic carbocycles. The van der Waals surface area contributed by atoms with Crippen LogP contribution >= 0.6 is 0 Å². The molecule has 0 unspecified atom stereocenters. The molecule has 114 valence electrons. The van der Waals surface area contributed by atoms with Crippen LogP contribution < -0.4 is 5.32 Å². The first-order valence-corrected chi connectivity index (χ1v) is 7.69. The summed E-state index contributed by atoms with van der Waals surface area (Å²) >= 11 is 0. The summed E-state index contributed by atoms with van der Waals surface area (Å²) in [6.07, 6.45) is 4.96. The summed E-state index contributed by atoms with van der Waals surface area (Å²) in [5.74, 6) is -0.133. The van der Waals surface area contributed by atoms with E-state index >= 15 is 0 Å². The van der Waals surface area contributed by atoms with E-state index < -0.39 is 12.7 Å². The van der Waals surface area contributed by atoms with Crippen LogP contribution in [0.4, 0.5) is 4.39 Å². The molecule has 2 nitrogen and oxygen atoms in total. The molecule has 0 saturated carbocycles. The number of amides is 1. The molecular formula is C19H20FNO. The molecule has 0 spiro atoms. The van der Waals surface area contributed by atoms with Gasteiger partial charge in [-0.25, -0.2) is 4.39 Å². The first kappa shape index (κ1) is 14.8. The molecular weight excluding hydrogens is 277 g/mol. The van der Waals surface area contributed by atoms with Crippen LogP contribution in [0, 0.1) is 5.92 Å². The van der Waals surface area contributed by atoms with Crippen molar-refractivity contribution in [2.24, 2.45) is 5.92 Å². The molecule has 0 fully saturated rings. The fraction of sp³-hybridized carbons (Fsp3) is 0.316. The van der Waals surface area contributed by atoms with Crippen LogP contribution in [0.2, 0.25) is 0 Å². The monoisotopic (exact) mass is 297 g/mol. The first-order valence-electron chi connectivity index (χ1n) is 7.69. The Kier molecular flexibility index (Phi) is 3.97. The largest absolute Gasteiger partial charge is 0.346 e. The first-order chi connectivity index (χ1) is 10.6. The third kappa shape index (κ3) is 2.52. The highest BCUT2D eigenvalue weighted by Crippen LogP contribution is 2.31. The minimum absolute atomic E-state index is 0.0665. The number of nitrogens with one attached hydrogen (secondary N) is 1. The number of alkyl halides is 1. The Morgan fingerprint density at radius 1 is 1.27 bits per heavy atom. The summed E-state index contributed by atoms with van der Waals surface area (Å²) in [4.78, 5) is 12.6. The zero-order valence-electron chi connectivity index (χ0n) is 12.9. The van der Waals surface area contributed by atoms with E-state index in [2.05, 4.69) is 23.5 Å². The Bertz CT molecular complexity index is 748. The number of carbonyl (C=O) groups is 1. The summed E-state index contributed by atoms with van der Waals surface area (Å²) in [6.45, 7) is 3.27. The molecule has 0 heterocycles. The molecule has 0 bridgehead atoms. The van der Waals surface area contributed by atoms with Crippen LogP contribution in [0.3, 0.4) is 0 Å². The topological polar surface area (TPSA) is 29.1 Å². The molecule has 2 aromatic carbocycles. The SMILES string of the molecule is CC(C)[C@@H](CF)NC(=O)c1ccc2cccc3c2c1C=CC3. The number of allylic oxidation sites excluding steroid dienone is 1. The summed E-state index contributed by atoms with van der Waals surface area (Å²) in [6, 6.07) is 9.55. The Morgan fingerprint density at radius 2 is 2.09 bits per heavy atom. The Labute approximate surface area is 130 Å². The van der Waals surface area contributed by atoms with Crippen molar-refractivity contribution in [1.29, 1.82) is 0 Å². The van der Waals surface area contributed by atoms with Crippen molar-refractivity contribution in [1.82, 2.24) is 5.32 Å². The summed E-state index contributed by atoms with van der Waals surface area (Å²) < 4.78 is 13.1. The predicted octanol–water partition coefficient (Wildman–Crippen LogP) is 4.13. The number of rotatable bonds is 4. The van der Waals surface area contributed by atoms with Crippen LogP contribution in [-0.4, -0.2) is 18.6 Å².